The van der Waals surface area contributed by atoms with Crippen molar-refractivity contribution in [2.75, 3.05) is 26.2 Å². The van der Waals surface area contributed by atoms with Crippen molar-refractivity contribution < 1.29 is 12.8 Å². The summed E-state index contributed by atoms with van der Waals surface area (Å²) in [5.41, 5.74) is 0. The molecule has 3 rings (SSSR count). The van der Waals surface area contributed by atoms with Gasteiger partial charge in [0.05, 0.1) is 9.37 Å². The van der Waals surface area contributed by atoms with Crippen LogP contribution in [-0.4, -0.2) is 49.8 Å². The Morgan fingerprint density at radius 2 is 1.95 bits per heavy atom. The zero-order valence-electron chi connectivity index (χ0n) is 11.6. The molecule has 0 aliphatic carbocycles. The molecule has 0 saturated carbocycles. The number of benzene rings is 1. The van der Waals surface area contributed by atoms with E-state index in [2.05, 4.69) is 20.8 Å². The molecule has 0 aromatic heterocycles. The maximum Gasteiger partial charge on any atom is 0.243 e. The van der Waals surface area contributed by atoms with Gasteiger partial charge in [0.15, 0.2) is 0 Å². The number of sulfonamides is 1. The van der Waals surface area contributed by atoms with Crippen LogP contribution in [0.1, 0.15) is 19.3 Å². The van der Waals surface area contributed by atoms with E-state index in [-0.39, 0.29) is 9.37 Å². The molecular weight excluding hydrogens is 359 g/mol. The van der Waals surface area contributed by atoms with Gasteiger partial charge in [0.2, 0.25) is 10.0 Å². The minimum Gasteiger partial charge on any atom is -0.299 e. The summed E-state index contributed by atoms with van der Waals surface area (Å²) in [5.74, 6) is -0.548. The molecule has 2 aliphatic rings. The molecule has 2 heterocycles. The molecule has 0 bridgehead atoms. The molecule has 2 saturated heterocycles. The van der Waals surface area contributed by atoms with E-state index in [0.29, 0.717) is 19.1 Å². The highest BCUT2D eigenvalue weighted by molar-refractivity contribution is 9.10. The van der Waals surface area contributed by atoms with Crippen LogP contribution in [0.5, 0.6) is 0 Å². The largest absolute Gasteiger partial charge is 0.299 e. The number of fused-ring (bicyclic) bond motifs is 1. The van der Waals surface area contributed by atoms with Gasteiger partial charge in [0.1, 0.15) is 5.82 Å². The lowest BCUT2D eigenvalue weighted by Crippen LogP contribution is -2.39. The Labute approximate surface area is 133 Å². The van der Waals surface area contributed by atoms with Gasteiger partial charge >= 0.3 is 0 Å². The first-order valence-electron chi connectivity index (χ1n) is 7.18. The second-order valence-corrected chi connectivity index (χ2v) is 8.42. The van der Waals surface area contributed by atoms with Crippen molar-refractivity contribution in [3.63, 3.8) is 0 Å². The van der Waals surface area contributed by atoms with E-state index >= 15 is 0 Å². The SMILES string of the molecule is O=S(=O)(c1ccc(Br)c(F)c1)N1CCCN2CCCC2C1. The topological polar surface area (TPSA) is 40.6 Å². The van der Waals surface area contributed by atoms with Gasteiger partial charge in [-0.25, -0.2) is 12.8 Å². The van der Waals surface area contributed by atoms with Crippen molar-refractivity contribution in [1.29, 1.82) is 0 Å². The third-order valence-electron chi connectivity index (χ3n) is 4.30. The van der Waals surface area contributed by atoms with E-state index in [1.807, 2.05) is 0 Å². The highest BCUT2D eigenvalue weighted by Gasteiger charge is 2.34. The molecule has 4 nitrogen and oxygen atoms in total. The zero-order valence-corrected chi connectivity index (χ0v) is 14.0. The molecule has 0 spiro atoms. The summed E-state index contributed by atoms with van der Waals surface area (Å²) in [4.78, 5) is 2.41. The lowest BCUT2D eigenvalue weighted by atomic mass is 10.2. The van der Waals surface area contributed by atoms with Crippen molar-refractivity contribution in [3.8, 4) is 0 Å². The number of hydrogen-bond acceptors (Lipinski definition) is 3. The van der Waals surface area contributed by atoms with E-state index in [9.17, 15) is 12.8 Å². The minimum absolute atomic E-state index is 0.0367. The Bertz CT molecular complexity index is 638. The van der Waals surface area contributed by atoms with Gasteiger partial charge in [-0.1, -0.05) is 0 Å². The fraction of sp³-hybridized carbons (Fsp3) is 0.571. The van der Waals surface area contributed by atoms with Crippen molar-refractivity contribution >= 4 is 26.0 Å². The first-order valence-corrected chi connectivity index (χ1v) is 9.41. The molecule has 2 fully saturated rings. The molecule has 1 aromatic carbocycles. The van der Waals surface area contributed by atoms with E-state index < -0.39 is 15.8 Å². The Morgan fingerprint density at radius 1 is 1.19 bits per heavy atom. The molecule has 0 radical (unpaired) electrons. The number of nitrogens with zero attached hydrogens (tertiary/aromatic N) is 2. The average Bonchev–Trinajstić information content (AvgIpc) is 2.78. The second-order valence-electron chi connectivity index (χ2n) is 5.62. The Hall–Kier alpha value is -0.500. The van der Waals surface area contributed by atoms with Crippen LogP contribution in [0.15, 0.2) is 27.6 Å². The van der Waals surface area contributed by atoms with Gasteiger partial charge in [0.25, 0.3) is 0 Å². The van der Waals surface area contributed by atoms with Gasteiger partial charge in [-0.3, -0.25) is 4.90 Å². The molecule has 7 heteroatoms. The number of rotatable bonds is 2. The van der Waals surface area contributed by atoms with Crippen molar-refractivity contribution in [2.24, 2.45) is 0 Å². The Kier molecular flexibility index (Phi) is 4.36. The third-order valence-corrected chi connectivity index (χ3v) is 6.80. The first kappa shape index (κ1) is 15.4. The maximum absolute atomic E-state index is 13.6. The van der Waals surface area contributed by atoms with Gasteiger partial charge < -0.3 is 0 Å². The zero-order chi connectivity index (χ0) is 15.0. The first-order chi connectivity index (χ1) is 9.98. The summed E-state index contributed by atoms with van der Waals surface area (Å²) in [7, 11) is -3.62. The highest BCUT2D eigenvalue weighted by atomic mass is 79.9. The standard InChI is InChI=1S/C14H18BrFN2O2S/c15-13-5-4-12(9-14(13)16)21(19,20)18-8-2-7-17-6-1-3-11(17)10-18/h4-5,9,11H,1-3,6-8,10H2. The fourth-order valence-corrected chi connectivity index (χ4v) is 4.95. The van der Waals surface area contributed by atoms with E-state index in [1.54, 1.807) is 0 Å². The highest BCUT2D eigenvalue weighted by Crippen LogP contribution is 2.27. The van der Waals surface area contributed by atoms with E-state index in [4.69, 9.17) is 0 Å². The van der Waals surface area contributed by atoms with Gasteiger partial charge in [-0.05, 0) is 66.5 Å². The molecule has 21 heavy (non-hydrogen) atoms. The summed E-state index contributed by atoms with van der Waals surface area (Å²) < 4.78 is 40.9. The average molecular weight is 377 g/mol. The quantitative estimate of drug-likeness (QED) is 0.795. The molecular formula is C14H18BrFN2O2S. The van der Waals surface area contributed by atoms with Crippen LogP contribution in [0.3, 0.4) is 0 Å². The molecule has 0 amide bonds. The van der Waals surface area contributed by atoms with E-state index in [1.165, 1.54) is 16.4 Å². The summed E-state index contributed by atoms with van der Waals surface area (Å²) >= 11 is 3.05. The van der Waals surface area contributed by atoms with Crippen LogP contribution < -0.4 is 0 Å². The van der Waals surface area contributed by atoms with Crippen LogP contribution in [0.2, 0.25) is 0 Å². The fourth-order valence-electron chi connectivity index (χ4n) is 3.18. The lowest BCUT2D eigenvalue weighted by Gasteiger charge is -2.25. The van der Waals surface area contributed by atoms with E-state index in [0.717, 1.165) is 38.4 Å². The normalized spacial score (nSPS) is 24.8. The van der Waals surface area contributed by atoms with Crippen LogP contribution in [0.4, 0.5) is 4.39 Å². The molecule has 2 aliphatic heterocycles. The smallest absolute Gasteiger partial charge is 0.243 e. The molecule has 1 unspecified atom stereocenters. The Balaban J connectivity index is 1.88. The van der Waals surface area contributed by atoms with Crippen LogP contribution in [-0.2, 0) is 10.0 Å². The predicted octanol–water partition coefficient (Wildman–Crippen LogP) is 2.45. The minimum atomic E-state index is -3.62. The summed E-state index contributed by atoms with van der Waals surface area (Å²) in [5, 5.41) is 0. The Morgan fingerprint density at radius 3 is 2.71 bits per heavy atom. The van der Waals surface area contributed by atoms with Gasteiger partial charge in [-0.2, -0.15) is 4.31 Å². The monoisotopic (exact) mass is 376 g/mol. The number of hydrogen-bond donors (Lipinski definition) is 0. The summed E-state index contributed by atoms with van der Waals surface area (Å²) in [6, 6.07) is 4.31. The van der Waals surface area contributed by atoms with Crippen molar-refractivity contribution in [2.45, 2.75) is 30.2 Å². The lowest BCUT2D eigenvalue weighted by molar-refractivity contribution is 0.257. The van der Waals surface area contributed by atoms with Crippen molar-refractivity contribution in [1.82, 2.24) is 9.21 Å². The molecule has 116 valence electrons. The van der Waals surface area contributed by atoms with Crippen molar-refractivity contribution in [3.05, 3.63) is 28.5 Å². The van der Waals surface area contributed by atoms with Crippen LogP contribution >= 0.6 is 15.9 Å². The van der Waals surface area contributed by atoms with Gasteiger partial charge in [0, 0.05) is 19.1 Å². The molecule has 1 aromatic rings. The second kappa shape index (κ2) is 5.95. The predicted molar refractivity (Wildman–Crippen MR) is 82.1 cm³/mol. The van der Waals surface area contributed by atoms with Gasteiger partial charge in [-0.15, -0.1) is 0 Å². The molecule has 0 N–H and O–H groups in total. The summed E-state index contributed by atoms with van der Waals surface area (Å²) in [6.07, 6.45) is 3.00. The third kappa shape index (κ3) is 3.02. The molecule has 1 atom stereocenters. The van der Waals surface area contributed by atoms with Crippen LogP contribution in [0.25, 0.3) is 0 Å². The number of halogens is 2. The van der Waals surface area contributed by atoms with Crippen LogP contribution in [0, 0.1) is 5.82 Å². The maximum atomic E-state index is 13.6. The summed E-state index contributed by atoms with van der Waals surface area (Å²) in [6.45, 7) is 3.03.